The van der Waals surface area contributed by atoms with Gasteiger partial charge in [0.1, 0.15) is 0 Å². The number of benzene rings is 1. The lowest BCUT2D eigenvalue weighted by Crippen LogP contribution is -2.25. The molecule has 20 heavy (non-hydrogen) atoms. The van der Waals surface area contributed by atoms with E-state index in [0.717, 1.165) is 24.9 Å². The Bertz CT molecular complexity index is 531. The largest absolute Gasteiger partial charge is 0.294 e. The normalized spacial score (nSPS) is 10.9. The number of aryl methyl sites for hydroxylation is 1. The maximum atomic E-state index is 12.2. The third-order valence-corrected chi connectivity index (χ3v) is 4.10. The van der Waals surface area contributed by atoms with Crippen molar-refractivity contribution in [3.05, 3.63) is 57.8 Å². The Kier molecular flexibility index (Phi) is 5.50. The summed E-state index contributed by atoms with van der Waals surface area (Å²) in [5.74, 6) is 0.187. The van der Waals surface area contributed by atoms with E-state index in [1.165, 1.54) is 10.4 Å². The summed E-state index contributed by atoms with van der Waals surface area (Å²) in [6.45, 7) is 3.46. The van der Waals surface area contributed by atoms with E-state index >= 15 is 0 Å². The van der Waals surface area contributed by atoms with Crippen LogP contribution in [0.15, 0.2) is 41.8 Å². The number of hydrogen-bond donors (Lipinski definition) is 0. The van der Waals surface area contributed by atoms with Crippen LogP contribution in [-0.4, -0.2) is 24.3 Å². The Labute approximate surface area is 125 Å². The molecule has 106 valence electrons. The quantitative estimate of drug-likeness (QED) is 0.717. The van der Waals surface area contributed by atoms with Gasteiger partial charge in [-0.3, -0.25) is 9.69 Å². The van der Waals surface area contributed by atoms with E-state index in [1.807, 2.05) is 25.2 Å². The first-order chi connectivity index (χ1) is 9.69. The molecule has 0 saturated heterocycles. The van der Waals surface area contributed by atoms with Gasteiger partial charge in [-0.2, -0.15) is 0 Å². The van der Waals surface area contributed by atoms with Crippen molar-refractivity contribution in [3.63, 3.8) is 0 Å². The van der Waals surface area contributed by atoms with Crippen molar-refractivity contribution in [1.29, 1.82) is 0 Å². The van der Waals surface area contributed by atoms with Gasteiger partial charge < -0.3 is 0 Å². The van der Waals surface area contributed by atoms with Crippen molar-refractivity contribution in [3.8, 4) is 0 Å². The first-order valence-corrected chi connectivity index (χ1v) is 7.90. The van der Waals surface area contributed by atoms with Crippen LogP contribution in [0.3, 0.4) is 0 Å². The molecular formula is C17H21NOS. The molecule has 0 N–H and O–H groups in total. The lowest BCUT2D eigenvalue weighted by molar-refractivity contribution is 0.0943. The van der Waals surface area contributed by atoms with Crippen molar-refractivity contribution in [2.45, 2.75) is 26.3 Å². The summed E-state index contributed by atoms with van der Waals surface area (Å²) in [6.07, 6.45) is 2.21. The second kappa shape index (κ2) is 7.36. The third-order valence-electron chi connectivity index (χ3n) is 3.23. The topological polar surface area (TPSA) is 20.3 Å². The van der Waals surface area contributed by atoms with Crippen LogP contribution < -0.4 is 0 Å². The Morgan fingerprint density at radius 1 is 1.20 bits per heavy atom. The fraction of sp³-hybridized carbons (Fsp3) is 0.353. The molecule has 1 aromatic heterocycles. The van der Waals surface area contributed by atoms with Crippen molar-refractivity contribution in [2.75, 3.05) is 13.6 Å². The van der Waals surface area contributed by atoms with Gasteiger partial charge in [0.2, 0.25) is 0 Å². The van der Waals surface area contributed by atoms with Gasteiger partial charge in [0.15, 0.2) is 5.78 Å². The highest BCUT2D eigenvalue weighted by atomic mass is 32.1. The Balaban J connectivity index is 1.90. The zero-order valence-corrected chi connectivity index (χ0v) is 13.0. The standard InChI is InChI=1S/C17H21NOS/c1-3-5-14-7-9-15(10-8-14)17(19)13-18(2)12-16-6-4-11-20-16/h4,6-11H,3,5,12-13H2,1-2H3. The van der Waals surface area contributed by atoms with Crippen LogP contribution in [0.2, 0.25) is 0 Å². The summed E-state index contributed by atoms with van der Waals surface area (Å²) in [5.41, 5.74) is 2.11. The highest BCUT2D eigenvalue weighted by Crippen LogP contribution is 2.12. The molecule has 2 nitrogen and oxygen atoms in total. The molecule has 0 aliphatic carbocycles. The number of rotatable bonds is 7. The van der Waals surface area contributed by atoms with Crippen LogP contribution in [0.1, 0.15) is 34.1 Å². The van der Waals surface area contributed by atoms with Crippen LogP contribution in [0.4, 0.5) is 0 Å². The highest BCUT2D eigenvalue weighted by Gasteiger charge is 2.10. The molecular weight excluding hydrogens is 266 g/mol. The summed E-state index contributed by atoms with van der Waals surface area (Å²) in [7, 11) is 1.99. The van der Waals surface area contributed by atoms with Gasteiger partial charge in [0.25, 0.3) is 0 Å². The zero-order valence-electron chi connectivity index (χ0n) is 12.1. The van der Waals surface area contributed by atoms with Crippen LogP contribution >= 0.6 is 11.3 Å². The second-order valence-corrected chi connectivity index (χ2v) is 6.15. The number of carbonyl (C=O) groups excluding carboxylic acids is 1. The first-order valence-electron chi connectivity index (χ1n) is 7.02. The molecule has 0 aliphatic heterocycles. The van der Waals surface area contributed by atoms with Crippen LogP contribution in [0.5, 0.6) is 0 Å². The fourth-order valence-electron chi connectivity index (χ4n) is 2.21. The van der Waals surface area contributed by atoms with E-state index in [0.29, 0.717) is 6.54 Å². The Morgan fingerprint density at radius 2 is 1.95 bits per heavy atom. The molecule has 0 spiro atoms. The van der Waals surface area contributed by atoms with Gasteiger partial charge in [-0.15, -0.1) is 11.3 Å². The summed E-state index contributed by atoms with van der Waals surface area (Å²) in [4.78, 5) is 15.6. The molecule has 0 saturated carbocycles. The number of carbonyl (C=O) groups is 1. The third kappa shape index (κ3) is 4.29. The van der Waals surface area contributed by atoms with E-state index in [-0.39, 0.29) is 5.78 Å². The Morgan fingerprint density at radius 3 is 2.55 bits per heavy atom. The lowest BCUT2D eigenvalue weighted by Gasteiger charge is -2.14. The predicted octanol–water partition coefficient (Wildman–Crippen LogP) is 4.02. The molecule has 0 fully saturated rings. The molecule has 1 aromatic carbocycles. The summed E-state index contributed by atoms with van der Waals surface area (Å²) in [6, 6.07) is 12.2. The second-order valence-electron chi connectivity index (χ2n) is 5.12. The molecule has 0 atom stereocenters. The number of ketones is 1. The number of Topliss-reactive ketones (excluding diaryl/α,β-unsaturated/α-hetero) is 1. The average molecular weight is 287 g/mol. The lowest BCUT2D eigenvalue weighted by atomic mass is 10.1. The molecule has 1 heterocycles. The van der Waals surface area contributed by atoms with Crippen molar-refractivity contribution in [2.24, 2.45) is 0 Å². The molecule has 0 bridgehead atoms. The average Bonchev–Trinajstić information content (AvgIpc) is 2.92. The van der Waals surface area contributed by atoms with Gasteiger partial charge in [0, 0.05) is 17.0 Å². The number of likely N-dealkylation sites (N-methyl/N-ethyl adjacent to an activating group) is 1. The van der Waals surface area contributed by atoms with E-state index in [1.54, 1.807) is 11.3 Å². The zero-order chi connectivity index (χ0) is 14.4. The minimum Gasteiger partial charge on any atom is -0.294 e. The maximum absolute atomic E-state index is 12.2. The van der Waals surface area contributed by atoms with Gasteiger partial charge >= 0.3 is 0 Å². The SMILES string of the molecule is CCCc1ccc(C(=O)CN(C)Cc2cccs2)cc1. The first kappa shape index (κ1) is 14.9. The predicted molar refractivity (Wildman–Crippen MR) is 85.4 cm³/mol. The summed E-state index contributed by atoms with van der Waals surface area (Å²) < 4.78 is 0. The number of thiophene rings is 1. The summed E-state index contributed by atoms with van der Waals surface area (Å²) >= 11 is 1.73. The maximum Gasteiger partial charge on any atom is 0.176 e. The minimum absolute atomic E-state index is 0.187. The van der Waals surface area contributed by atoms with Crippen LogP contribution in [-0.2, 0) is 13.0 Å². The molecule has 2 aromatic rings. The molecule has 0 amide bonds. The molecule has 0 aliphatic rings. The van der Waals surface area contributed by atoms with Gasteiger partial charge in [-0.05, 0) is 30.5 Å². The minimum atomic E-state index is 0.187. The van der Waals surface area contributed by atoms with Crippen molar-refractivity contribution in [1.82, 2.24) is 4.90 Å². The van der Waals surface area contributed by atoms with Gasteiger partial charge in [-0.1, -0.05) is 43.7 Å². The molecule has 3 heteroatoms. The number of nitrogens with zero attached hydrogens (tertiary/aromatic N) is 1. The van der Waals surface area contributed by atoms with E-state index in [4.69, 9.17) is 0 Å². The highest BCUT2D eigenvalue weighted by molar-refractivity contribution is 7.09. The van der Waals surface area contributed by atoms with E-state index in [2.05, 4.69) is 35.4 Å². The Hall–Kier alpha value is -1.45. The van der Waals surface area contributed by atoms with E-state index in [9.17, 15) is 4.79 Å². The van der Waals surface area contributed by atoms with Crippen LogP contribution in [0, 0.1) is 0 Å². The molecule has 0 unspecified atom stereocenters. The van der Waals surface area contributed by atoms with Crippen LogP contribution in [0.25, 0.3) is 0 Å². The fourth-order valence-corrected chi connectivity index (χ4v) is 2.99. The van der Waals surface area contributed by atoms with E-state index < -0.39 is 0 Å². The number of hydrogen-bond acceptors (Lipinski definition) is 3. The molecule has 2 rings (SSSR count). The van der Waals surface area contributed by atoms with Crippen molar-refractivity contribution < 1.29 is 4.79 Å². The summed E-state index contributed by atoms with van der Waals surface area (Å²) in [5, 5.41) is 2.07. The van der Waals surface area contributed by atoms with Gasteiger partial charge in [-0.25, -0.2) is 0 Å². The monoisotopic (exact) mass is 287 g/mol. The molecule has 0 radical (unpaired) electrons. The smallest absolute Gasteiger partial charge is 0.176 e. The van der Waals surface area contributed by atoms with Gasteiger partial charge in [0.05, 0.1) is 6.54 Å². The van der Waals surface area contributed by atoms with Crippen molar-refractivity contribution >= 4 is 17.1 Å².